The lowest BCUT2D eigenvalue weighted by Crippen LogP contribution is -2.15. The first kappa shape index (κ1) is 15.1. The van der Waals surface area contributed by atoms with E-state index in [1.807, 2.05) is 11.8 Å². The molecule has 0 saturated heterocycles. The largest absolute Gasteiger partial charge is 0.317 e. The summed E-state index contributed by atoms with van der Waals surface area (Å²) in [7, 11) is 0. The SMILES string of the molecule is CCNCCC(C)c1ccc(Sc2ccccc2)cc1. The van der Waals surface area contributed by atoms with Gasteiger partial charge in [0.1, 0.15) is 0 Å². The Morgan fingerprint density at radius 3 is 2.25 bits per heavy atom. The van der Waals surface area contributed by atoms with E-state index in [4.69, 9.17) is 0 Å². The van der Waals surface area contributed by atoms with Crippen LogP contribution in [0, 0.1) is 0 Å². The van der Waals surface area contributed by atoms with Gasteiger partial charge in [0.25, 0.3) is 0 Å². The highest BCUT2D eigenvalue weighted by molar-refractivity contribution is 7.99. The molecule has 2 heteroatoms. The molecule has 1 nitrogen and oxygen atoms in total. The first-order valence-electron chi connectivity index (χ1n) is 7.33. The summed E-state index contributed by atoms with van der Waals surface area (Å²) in [6.45, 7) is 6.61. The summed E-state index contributed by atoms with van der Waals surface area (Å²) >= 11 is 1.82. The zero-order valence-electron chi connectivity index (χ0n) is 12.3. The molecular weight excluding hydrogens is 262 g/mol. The molecule has 20 heavy (non-hydrogen) atoms. The lowest BCUT2D eigenvalue weighted by molar-refractivity contribution is 0.608. The molecule has 0 spiro atoms. The second kappa shape index (κ2) is 8.13. The number of rotatable bonds is 7. The molecule has 2 aromatic rings. The molecule has 0 heterocycles. The van der Waals surface area contributed by atoms with E-state index < -0.39 is 0 Å². The third-order valence-corrected chi connectivity index (χ3v) is 4.45. The van der Waals surface area contributed by atoms with Crippen LogP contribution in [0.2, 0.25) is 0 Å². The Morgan fingerprint density at radius 1 is 0.950 bits per heavy atom. The van der Waals surface area contributed by atoms with Gasteiger partial charge in [-0.25, -0.2) is 0 Å². The molecule has 0 aliphatic rings. The van der Waals surface area contributed by atoms with Crippen LogP contribution in [-0.2, 0) is 0 Å². The Balaban J connectivity index is 1.92. The van der Waals surface area contributed by atoms with Crippen LogP contribution < -0.4 is 5.32 Å². The van der Waals surface area contributed by atoms with Gasteiger partial charge in [0, 0.05) is 9.79 Å². The van der Waals surface area contributed by atoms with E-state index in [-0.39, 0.29) is 0 Å². The van der Waals surface area contributed by atoms with Gasteiger partial charge >= 0.3 is 0 Å². The van der Waals surface area contributed by atoms with Crippen molar-refractivity contribution in [1.82, 2.24) is 5.32 Å². The standard InChI is InChI=1S/C18H23NS/c1-3-19-14-13-15(2)16-9-11-18(12-10-16)20-17-7-5-4-6-8-17/h4-12,15,19H,3,13-14H2,1-2H3. The molecule has 0 aromatic heterocycles. The first-order chi connectivity index (χ1) is 9.79. The van der Waals surface area contributed by atoms with E-state index in [1.165, 1.54) is 21.8 Å². The first-order valence-corrected chi connectivity index (χ1v) is 8.15. The van der Waals surface area contributed by atoms with Crippen LogP contribution in [0.5, 0.6) is 0 Å². The number of nitrogens with one attached hydrogen (secondary N) is 1. The van der Waals surface area contributed by atoms with Crippen LogP contribution in [0.4, 0.5) is 0 Å². The minimum Gasteiger partial charge on any atom is -0.317 e. The second-order valence-corrected chi connectivity index (χ2v) is 6.17. The van der Waals surface area contributed by atoms with Gasteiger partial charge in [0.2, 0.25) is 0 Å². The maximum Gasteiger partial charge on any atom is 0.0122 e. The Hall–Kier alpha value is -1.25. The fraction of sp³-hybridized carbons (Fsp3) is 0.333. The lowest BCUT2D eigenvalue weighted by Gasteiger charge is -2.12. The maximum absolute atomic E-state index is 3.39. The second-order valence-electron chi connectivity index (χ2n) is 5.03. The Morgan fingerprint density at radius 2 is 1.60 bits per heavy atom. The van der Waals surface area contributed by atoms with Crippen LogP contribution >= 0.6 is 11.8 Å². The number of hydrogen-bond donors (Lipinski definition) is 1. The summed E-state index contributed by atoms with van der Waals surface area (Å²) in [4.78, 5) is 2.60. The van der Waals surface area contributed by atoms with Crippen LogP contribution in [0.15, 0.2) is 64.4 Å². The number of benzene rings is 2. The molecule has 2 aromatic carbocycles. The molecule has 0 saturated carbocycles. The monoisotopic (exact) mass is 285 g/mol. The van der Waals surface area contributed by atoms with Crippen molar-refractivity contribution in [3.8, 4) is 0 Å². The molecule has 0 aliphatic heterocycles. The van der Waals surface area contributed by atoms with Crippen LogP contribution in [-0.4, -0.2) is 13.1 Å². The summed E-state index contributed by atoms with van der Waals surface area (Å²) in [5.74, 6) is 0.616. The highest BCUT2D eigenvalue weighted by Gasteiger charge is 2.05. The average Bonchev–Trinajstić information content (AvgIpc) is 2.49. The van der Waals surface area contributed by atoms with Crippen LogP contribution in [0.1, 0.15) is 31.7 Å². The van der Waals surface area contributed by atoms with Crippen molar-refractivity contribution in [3.05, 3.63) is 60.2 Å². The van der Waals surface area contributed by atoms with Crippen molar-refractivity contribution in [1.29, 1.82) is 0 Å². The summed E-state index contributed by atoms with van der Waals surface area (Å²) < 4.78 is 0. The Kier molecular flexibility index (Phi) is 6.16. The molecule has 1 atom stereocenters. The van der Waals surface area contributed by atoms with Crippen molar-refractivity contribution in [2.45, 2.75) is 36.0 Å². The van der Waals surface area contributed by atoms with Crippen molar-refractivity contribution >= 4 is 11.8 Å². The van der Waals surface area contributed by atoms with Gasteiger partial charge in [-0.3, -0.25) is 0 Å². The molecule has 0 aliphatic carbocycles. The third kappa shape index (κ3) is 4.69. The molecule has 1 N–H and O–H groups in total. The molecule has 0 bridgehead atoms. The lowest BCUT2D eigenvalue weighted by atomic mass is 9.98. The van der Waals surface area contributed by atoms with Gasteiger partial charge in [0.05, 0.1) is 0 Å². The van der Waals surface area contributed by atoms with Crippen molar-refractivity contribution in [2.75, 3.05) is 13.1 Å². The summed E-state index contributed by atoms with van der Waals surface area (Å²) in [6, 6.07) is 19.5. The summed E-state index contributed by atoms with van der Waals surface area (Å²) in [5, 5.41) is 3.39. The van der Waals surface area contributed by atoms with Crippen molar-refractivity contribution in [3.63, 3.8) is 0 Å². The van der Waals surface area contributed by atoms with Gasteiger partial charge in [-0.05, 0) is 55.3 Å². The van der Waals surface area contributed by atoms with E-state index >= 15 is 0 Å². The Bertz CT molecular complexity index is 493. The molecule has 0 fully saturated rings. The fourth-order valence-corrected chi connectivity index (χ4v) is 2.99. The quantitative estimate of drug-likeness (QED) is 0.723. The number of hydrogen-bond acceptors (Lipinski definition) is 2. The molecule has 2 rings (SSSR count). The smallest absolute Gasteiger partial charge is 0.0122 e. The van der Waals surface area contributed by atoms with E-state index in [1.54, 1.807) is 0 Å². The van der Waals surface area contributed by atoms with Gasteiger partial charge in [0.15, 0.2) is 0 Å². The molecular formula is C18H23NS. The van der Waals surface area contributed by atoms with Crippen molar-refractivity contribution in [2.24, 2.45) is 0 Å². The van der Waals surface area contributed by atoms with Crippen LogP contribution in [0.3, 0.4) is 0 Å². The zero-order chi connectivity index (χ0) is 14.2. The molecule has 1 unspecified atom stereocenters. The van der Waals surface area contributed by atoms with Gasteiger partial charge < -0.3 is 5.32 Å². The topological polar surface area (TPSA) is 12.0 Å². The fourth-order valence-electron chi connectivity index (χ4n) is 2.15. The third-order valence-electron chi connectivity index (χ3n) is 3.43. The molecule has 0 radical (unpaired) electrons. The zero-order valence-corrected chi connectivity index (χ0v) is 13.1. The van der Waals surface area contributed by atoms with Gasteiger partial charge in [-0.15, -0.1) is 0 Å². The predicted molar refractivity (Wildman–Crippen MR) is 88.6 cm³/mol. The normalized spacial score (nSPS) is 12.3. The highest BCUT2D eigenvalue weighted by Crippen LogP contribution is 2.29. The van der Waals surface area contributed by atoms with Gasteiger partial charge in [-0.2, -0.15) is 0 Å². The van der Waals surface area contributed by atoms with E-state index in [0.29, 0.717) is 5.92 Å². The Labute approximate surface area is 126 Å². The molecule has 0 amide bonds. The summed E-state index contributed by atoms with van der Waals surface area (Å²) in [5.41, 5.74) is 1.43. The van der Waals surface area contributed by atoms with E-state index in [0.717, 1.165) is 13.1 Å². The summed E-state index contributed by atoms with van der Waals surface area (Å²) in [6.07, 6.45) is 1.19. The average molecular weight is 285 g/mol. The van der Waals surface area contributed by atoms with Gasteiger partial charge in [-0.1, -0.05) is 55.9 Å². The maximum atomic E-state index is 3.39. The van der Waals surface area contributed by atoms with E-state index in [2.05, 4.69) is 73.8 Å². The van der Waals surface area contributed by atoms with Crippen LogP contribution in [0.25, 0.3) is 0 Å². The minimum absolute atomic E-state index is 0.616. The van der Waals surface area contributed by atoms with Crippen molar-refractivity contribution < 1.29 is 0 Å². The minimum atomic E-state index is 0.616. The van der Waals surface area contributed by atoms with E-state index in [9.17, 15) is 0 Å². The molecule has 106 valence electrons. The highest BCUT2D eigenvalue weighted by atomic mass is 32.2. The predicted octanol–water partition coefficient (Wildman–Crippen LogP) is 4.94.